The van der Waals surface area contributed by atoms with Crippen molar-refractivity contribution in [3.63, 3.8) is 0 Å². The first kappa shape index (κ1) is 9.46. The molecule has 0 saturated heterocycles. The summed E-state index contributed by atoms with van der Waals surface area (Å²) in [5, 5.41) is -0.431. The number of carbonyl (C=O) groups is 1. The summed E-state index contributed by atoms with van der Waals surface area (Å²) in [7, 11) is 0. The molecule has 4 heteroatoms. The van der Waals surface area contributed by atoms with Crippen molar-refractivity contribution in [1.82, 2.24) is 0 Å². The zero-order valence-corrected chi connectivity index (χ0v) is 8.05. The van der Waals surface area contributed by atoms with Crippen molar-refractivity contribution in [2.45, 2.75) is 6.42 Å². The summed E-state index contributed by atoms with van der Waals surface area (Å²) in [6, 6.07) is 4.28. The number of fused-ring (bicyclic) bond motifs is 1. The topological polar surface area (TPSA) is 26.3 Å². The lowest BCUT2D eigenvalue weighted by atomic mass is 9.98. The minimum absolute atomic E-state index is 0.279. The Bertz CT molecular complexity index is 378. The molecule has 0 bridgehead atoms. The van der Waals surface area contributed by atoms with Crippen LogP contribution in [0.5, 0.6) is 5.75 Å². The van der Waals surface area contributed by atoms with Crippen LogP contribution in [0.1, 0.15) is 5.56 Å². The lowest BCUT2D eigenvalue weighted by Gasteiger charge is -2.22. The quantitative estimate of drug-likeness (QED) is 0.670. The average molecular weight is 215 g/mol. The molecule has 2 nitrogen and oxygen atoms in total. The summed E-state index contributed by atoms with van der Waals surface area (Å²) in [6.45, 7) is 0.279. The third-order valence-electron chi connectivity index (χ3n) is 2.25. The van der Waals surface area contributed by atoms with Crippen LogP contribution in [0.4, 0.5) is 4.39 Å². The van der Waals surface area contributed by atoms with E-state index in [0.29, 0.717) is 17.7 Å². The molecular formula is C10H8ClFO2. The molecule has 1 heterocycles. The Balaban J connectivity index is 2.29. The van der Waals surface area contributed by atoms with Crippen molar-refractivity contribution in [1.29, 1.82) is 0 Å². The van der Waals surface area contributed by atoms with Crippen LogP contribution in [0.2, 0.25) is 0 Å². The molecule has 0 aliphatic carbocycles. The summed E-state index contributed by atoms with van der Waals surface area (Å²) in [4.78, 5) is 10.9. The van der Waals surface area contributed by atoms with Gasteiger partial charge in [0.2, 0.25) is 5.24 Å². The SMILES string of the molecule is O=C(Cl)[C@@H]1COc2ccc(F)cc2C1. The van der Waals surface area contributed by atoms with Gasteiger partial charge in [-0.1, -0.05) is 0 Å². The fourth-order valence-electron chi connectivity index (χ4n) is 1.51. The summed E-state index contributed by atoms with van der Waals surface area (Å²) >= 11 is 5.35. The Morgan fingerprint density at radius 1 is 1.57 bits per heavy atom. The molecule has 1 atom stereocenters. The van der Waals surface area contributed by atoms with E-state index in [9.17, 15) is 9.18 Å². The third-order valence-corrected chi connectivity index (χ3v) is 2.56. The van der Waals surface area contributed by atoms with Gasteiger partial charge in [-0.2, -0.15) is 0 Å². The molecule has 1 aliphatic heterocycles. The van der Waals surface area contributed by atoms with Crippen LogP contribution in [0.15, 0.2) is 18.2 Å². The van der Waals surface area contributed by atoms with E-state index in [1.165, 1.54) is 12.1 Å². The second kappa shape index (κ2) is 3.58. The molecule has 0 amide bonds. The van der Waals surface area contributed by atoms with Crippen LogP contribution in [-0.4, -0.2) is 11.8 Å². The molecule has 0 spiro atoms. The van der Waals surface area contributed by atoms with Crippen molar-refractivity contribution in [2.75, 3.05) is 6.61 Å². The van der Waals surface area contributed by atoms with E-state index in [4.69, 9.17) is 16.3 Å². The Morgan fingerprint density at radius 3 is 3.07 bits per heavy atom. The predicted molar refractivity (Wildman–Crippen MR) is 49.9 cm³/mol. The summed E-state index contributed by atoms with van der Waals surface area (Å²) < 4.78 is 18.1. The second-order valence-corrected chi connectivity index (χ2v) is 3.64. The maximum absolute atomic E-state index is 12.8. The maximum Gasteiger partial charge on any atom is 0.228 e. The van der Waals surface area contributed by atoms with Crippen molar-refractivity contribution < 1.29 is 13.9 Å². The van der Waals surface area contributed by atoms with Crippen LogP contribution >= 0.6 is 11.6 Å². The molecule has 1 aliphatic rings. The van der Waals surface area contributed by atoms with Gasteiger partial charge in [-0.25, -0.2) is 4.39 Å². The normalized spacial score (nSPS) is 19.7. The van der Waals surface area contributed by atoms with Gasteiger partial charge in [-0.15, -0.1) is 0 Å². The lowest BCUT2D eigenvalue weighted by molar-refractivity contribution is -0.116. The molecule has 0 saturated carbocycles. The zero-order valence-electron chi connectivity index (χ0n) is 7.30. The first-order chi connectivity index (χ1) is 6.66. The Hall–Kier alpha value is -1.09. The van der Waals surface area contributed by atoms with E-state index in [1.54, 1.807) is 6.07 Å². The Labute approximate surface area is 85.6 Å². The zero-order chi connectivity index (χ0) is 10.1. The minimum Gasteiger partial charge on any atom is -0.492 e. The highest BCUT2D eigenvalue weighted by Crippen LogP contribution is 2.28. The van der Waals surface area contributed by atoms with Gasteiger partial charge in [-0.3, -0.25) is 4.79 Å². The Kier molecular flexibility index (Phi) is 2.42. The summed E-state index contributed by atoms with van der Waals surface area (Å²) in [6.07, 6.45) is 0.454. The van der Waals surface area contributed by atoms with E-state index in [0.717, 1.165) is 0 Å². The Morgan fingerprint density at radius 2 is 2.36 bits per heavy atom. The highest BCUT2D eigenvalue weighted by Gasteiger charge is 2.24. The van der Waals surface area contributed by atoms with Crippen LogP contribution in [0, 0.1) is 11.7 Å². The van der Waals surface area contributed by atoms with Gasteiger partial charge in [0.05, 0.1) is 12.5 Å². The molecular weight excluding hydrogens is 207 g/mol. The number of benzene rings is 1. The molecule has 0 unspecified atom stereocenters. The van der Waals surface area contributed by atoms with Crippen molar-refractivity contribution in [3.8, 4) is 5.75 Å². The molecule has 0 radical (unpaired) electrons. The van der Waals surface area contributed by atoms with Crippen LogP contribution in [0.25, 0.3) is 0 Å². The molecule has 2 rings (SSSR count). The maximum atomic E-state index is 12.8. The highest BCUT2D eigenvalue weighted by molar-refractivity contribution is 6.64. The lowest BCUT2D eigenvalue weighted by Crippen LogP contribution is -2.25. The van der Waals surface area contributed by atoms with E-state index >= 15 is 0 Å². The van der Waals surface area contributed by atoms with Gasteiger partial charge in [0.1, 0.15) is 11.6 Å². The van der Waals surface area contributed by atoms with Gasteiger partial charge >= 0.3 is 0 Å². The summed E-state index contributed by atoms with van der Waals surface area (Å²) in [5.41, 5.74) is 0.704. The van der Waals surface area contributed by atoms with E-state index in [2.05, 4.69) is 0 Å². The van der Waals surface area contributed by atoms with Crippen molar-refractivity contribution >= 4 is 16.8 Å². The largest absolute Gasteiger partial charge is 0.492 e. The average Bonchev–Trinajstić information content (AvgIpc) is 2.16. The monoisotopic (exact) mass is 214 g/mol. The smallest absolute Gasteiger partial charge is 0.228 e. The predicted octanol–water partition coefficient (Wildman–Crippen LogP) is 2.14. The van der Waals surface area contributed by atoms with Crippen LogP contribution in [-0.2, 0) is 11.2 Å². The van der Waals surface area contributed by atoms with Crippen LogP contribution < -0.4 is 4.74 Å². The number of ether oxygens (including phenoxy) is 1. The summed E-state index contributed by atoms with van der Waals surface area (Å²) in [5.74, 6) is -0.0402. The van der Waals surface area contributed by atoms with Gasteiger partial charge in [0.25, 0.3) is 0 Å². The van der Waals surface area contributed by atoms with E-state index < -0.39 is 5.24 Å². The first-order valence-corrected chi connectivity index (χ1v) is 4.65. The van der Waals surface area contributed by atoms with E-state index in [1.807, 2.05) is 0 Å². The first-order valence-electron chi connectivity index (χ1n) is 4.27. The molecule has 0 N–H and O–H groups in total. The number of hydrogen-bond donors (Lipinski definition) is 0. The molecule has 1 aromatic rings. The molecule has 74 valence electrons. The van der Waals surface area contributed by atoms with Crippen LogP contribution in [0.3, 0.4) is 0 Å². The molecule has 14 heavy (non-hydrogen) atoms. The van der Waals surface area contributed by atoms with Gasteiger partial charge < -0.3 is 4.74 Å². The second-order valence-electron chi connectivity index (χ2n) is 3.27. The fraction of sp³-hybridized carbons (Fsp3) is 0.300. The third kappa shape index (κ3) is 1.73. The number of carbonyl (C=O) groups excluding carboxylic acids is 1. The molecule has 0 fully saturated rings. The number of hydrogen-bond acceptors (Lipinski definition) is 2. The van der Waals surface area contributed by atoms with E-state index in [-0.39, 0.29) is 18.3 Å². The van der Waals surface area contributed by atoms with Gasteiger partial charge in [0, 0.05) is 0 Å². The van der Waals surface area contributed by atoms with Gasteiger partial charge in [0.15, 0.2) is 0 Å². The van der Waals surface area contributed by atoms with Gasteiger partial charge in [-0.05, 0) is 41.8 Å². The number of rotatable bonds is 1. The molecule has 1 aromatic carbocycles. The van der Waals surface area contributed by atoms with Crippen molar-refractivity contribution in [3.05, 3.63) is 29.6 Å². The fourth-order valence-corrected chi connectivity index (χ4v) is 1.65. The standard InChI is InChI=1S/C10H8ClFO2/c11-10(13)7-3-6-4-8(12)1-2-9(6)14-5-7/h1-2,4,7H,3,5H2/t7-/m0/s1. The number of halogens is 2. The van der Waals surface area contributed by atoms with Crippen molar-refractivity contribution in [2.24, 2.45) is 5.92 Å². The highest BCUT2D eigenvalue weighted by atomic mass is 35.5. The minimum atomic E-state index is -0.431. The molecule has 0 aromatic heterocycles.